The predicted molar refractivity (Wildman–Crippen MR) is 73.3 cm³/mol. The molecule has 1 saturated heterocycles. The molecule has 0 aliphatic carbocycles. The number of aromatic hydroxyl groups is 1. The fraction of sp³-hybridized carbons (Fsp3) is 0.533. The van der Waals surface area contributed by atoms with Crippen LogP contribution in [-0.4, -0.2) is 34.8 Å². The molecule has 1 aliphatic rings. The van der Waals surface area contributed by atoms with Crippen molar-refractivity contribution in [2.24, 2.45) is 0 Å². The van der Waals surface area contributed by atoms with E-state index >= 15 is 0 Å². The highest BCUT2D eigenvalue weighted by molar-refractivity contribution is 5.68. The Labute approximate surface area is 114 Å². The zero-order valence-electron chi connectivity index (χ0n) is 11.7. The number of likely N-dealkylation sites (tertiary alicyclic amines) is 1. The Balaban J connectivity index is 1.98. The molecule has 1 amide bonds. The molecule has 4 heteroatoms. The molecule has 104 valence electrons. The summed E-state index contributed by atoms with van der Waals surface area (Å²) in [6, 6.07) is 7.25. The van der Waals surface area contributed by atoms with E-state index in [1.807, 2.05) is 32.9 Å². The predicted octanol–water partition coefficient (Wildman–Crippen LogP) is 3.12. The molecule has 0 radical (unpaired) electrons. The molecule has 1 atom stereocenters. The Hall–Kier alpha value is -1.71. The lowest BCUT2D eigenvalue weighted by Crippen LogP contribution is -2.35. The molecule has 1 aromatic rings. The maximum Gasteiger partial charge on any atom is 0.410 e. The first-order chi connectivity index (χ1) is 8.85. The summed E-state index contributed by atoms with van der Waals surface area (Å²) in [5, 5.41) is 9.50. The number of benzene rings is 1. The second-order valence-electron chi connectivity index (χ2n) is 6.01. The van der Waals surface area contributed by atoms with E-state index in [4.69, 9.17) is 4.74 Å². The van der Waals surface area contributed by atoms with Gasteiger partial charge in [-0.25, -0.2) is 4.79 Å². The number of phenolic OH excluding ortho intramolecular Hbond substituents is 1. The first kappa shape index (κ1) is 13.7. The minimum atomic E-state index is -0.458. The van der Waals surface area contributed by atoms with Crippen molar-refractivity contribution in [2.75, 3.05) is 13.1 Å². The fourth-order valence-corrected chi connectivity index (χ4v) is 2.30. The van der Waals surface area contributed by atoms with E-state index in [9.17, 15) is 9.90 Å². The van der Waals surface area contributed by atoms with E-state index < -0.39 is 5.60 Å². The average Bonchev–Trinajstić information content (AvgIpc) is 2.75. The second kappa shape index (κ2) is 5.11. The van der Waals surface area contributed by atoms with E-state index in [0.29, 0.717) is 13.1 Å². The monoisotopic (exact) mass is 263 g/mol. The van der Waals surface area contributed by atoms with Gasteiger partial charge in [-0.1, -0.05) is 12.1 Å². The molecule has 0 saturated carbocycles. The Morgan fingerprint density at radius 3 is 2.79 bits per heavy atom. The van der Waals surface area contributed by atoms with Crippen LogP contribution in [0.25, 0.3) is 0 Å². The summed E-state index contributed by atoms with van der Waals surface area (Å²) in [5.41, 5.74) is 0.617. The van der Waals surface area contributed by atoms with Crippen LogP contribution in [0.15, 0.2) is 24.3 Å². The van der Waals surface area contributed by atoms with Crippen LogP contribution in [-0.2, 0) is 4.74 Å². The minimum absolute atomic E-state index is 0.254. The van der Waals surface area contributed by atoms with Crippen molar-refractivity contribution in [1.82, 2.24) is 4.90 Å². The van der Waals surface area contributed by atoms with Crippen molar-refractivity contribution < 1.29 is 14.6 Å². The van der Waals surface area contributed by atoms with Crippen molar-refractivity contribution >= 4 is 6.09 Å². The van der Waals surface area contributed by atoms with E-state index in [1.165, 1.54) is 0 Å². The third kappa shape index (κ3) is 3.63. The summed E-state index contributed by atoms with van der Waals surface area (Å²) < 4.78 is 5.37. The van der Waals surface area contributed by atoms with Gasteiger partial charge in [0.25, 0.3) is 0 Å². The molecule has 1 heterocycles. The van der Waals surface area contributed by atoms with Gasteiger partial charge in [-0.15, -0.1) is 0 Å². The first-order valence-electron chi connectivity index (χ1n) is 6.62. The average molecular weight is 263 g/mol. The van der Waals surface area contributed by atoms with E-state index in [-0.39, 0.29) is 17.8 Å². The Morgan fingerprint density at radius 1 is 1.42 bits per heavy atom. The Morgan fingerprint density at radius 2 is 2.16 bits per heavy atom. The van der Waals surface area contributed by atoms with E-state index in [0.717, 1.165) is 12.0 Å². The van der Waals surface area contributed by atoms with Gasteiger partial charge in [0.15, 0.2) is 0 Å². The zero-order valence-corrected chi connectivity index (χ0v) is 11.7. The van der Waals surface area contributed by atoms with Gasteiger partial charge in [0, 0.05) is 19.0 Å². The number of rotatable bonds is 1. The van der Waals surface area contributed by atoms with Gasteiger partial charge in [-0.2, -0.15) is 0 Å². The van der Waals surface area contributed by atoms with Crippen molar-refractivity contribution in [1.29, 1.82) is 0 Å². The molecule has 1 aliphatic heterocycles. The van der Waals surface area contributed by atoms with Crippen molar-refractivity contribution in [3.8, 4) is 5.75 Å². The molecule has 1 N–H and O–H groups in total. The Kier molecular flexibility index (Phi) is 3.69. The van der Waals surface area contributed by atoms with Gasteiger partial charge in [0.1, 0.15) is 11.4 Å². The number of ether oxygens (including phenoxy) is 1. The number of hydrogen-bond donors (Lipinski definition) is 1. The summed E-state index contributed by atoms with van der Waals surface area (Å²) in [6.07, 6.45) is 0.651. The van der Waals surface area contributed by atoms with Gasteiger partial charge >= 0.3 is 6.09 Å². The number of amides is 1. The highest BCUT2D eigenvalue weighted by atomic mass is 16.6. The topological polar surface area (TPSA) is 49.8 Å². The van der Waals surface area contributed by atoms with Gasteiger partial charge in [0.2, 0.25) is 0 Å². The van der Waals surface area contributed by atoms with E-state index in [2.05, 4.69) is 0 Å². The molecule has 0 unspecified atom stereocenters. The van der Waals surface area contributed by atoms with Crippen molar-refractivity contribution in [2.45, 2.75) is 38.7 Å². The maximum atomic E-state index is 12.0. The van der Waals surface area contributed by atoms with Crippen LogP contribution in [0, 0.1) is 0 Å². The number of carbonyl (C=O) groups excluding carboxylic acids is 1. The first-order valence-corrected chi connectivity index (χ1v) is 6.62. The van der Waals surface area contributed by atoms with Crippen LogP contribution in [0.2, 0.25) is 0 Å². The molecule has 1 fully saturated rings. The summed E-state index contributed by atoms with van der Waals surface area (Å²) in [6.45, 7) is 6.96. The lowest BCUT2D eigenvalue weighted by atomic mass is 9.98. The maximum absolute atomic E-state index is 12.0. The Bertz CT molecular complexity index is 465. The summed E-state index contributed by atoms with van der Waals surface area (Å²) in [5.74, 6) is 0.549. The van der Waals surface area contributed by atoms with Gasteiger partial charge in [-0.3, -0.25) is 0 Å². The van der Waals surface area contributed by atoms with Crippen LogP contribution in [0.5, 0.6) is 5.75 Å². The smallest absolute Gasteiger partial charge is 0.410 e. The van der Waals surface area contributed by atoms with Crippen molar-refractivity contribution in [3.05, 3.63) is 29.8 Å². The van der Waals surface area contributed by atoms with Crippen LogP contribution in [0.4, 0.5) is 4.79 Å². The molecule has 0 aromatic heterocycles. The SMILES string of the molecule is CC(C)(C)OC(=O)N1CC[C@H](c2cccc(O)c2)C1. The summed E-state index contributed by atoms with van der Waals surface area (Å²) >= 11 is 0. The lowest BCUT2D eigenvalue weighted by Gasteiger charge is -2.24. The normalized spacial score (nSPS) is 19.5. The number of hydrogen-bond acceptors (Lipinski definition) is 3. The quantitative estimate of drug-likeness (QED) is 0.847. The molecular formula is C15H21NO3. The van der Waals surface area contributed by atoms with E-state index in [1.54, 1.807) is 17.0 Å². The number of carbonyl (C=O) groups is 1. The number of nitrogens with zero attached hydrogens (tertiary/aromatic N) is 1. The molecular weight excluding hydrogens is 242 g/mol. The largest absolute Gasteiger partial charge is 0.508 e. The molecule has 19 heavy (non-hydrogen) atoms. The van der Waals surface area contributed by atoms with Crippen LogP contribution < -0.4 is 0 Å². The molecule has 2 rings (SSSR count). The molecule has 0 spiro atoms. The zero-order chi connectivity index (χ0) is 14.0. The third-order valence-electron chi connectivity index (χ3n) is 3.18. The standard InChI is InChI=1S/C15H21NO3/c1-15(2,3)19-14(18)16-8-7-12(10-16)11-5-4-6-13(17)9-11/h4-6,9,12,17H,7-8,10H2,1-3H3/t12-/m0/s1. The second-order valence-corrected chi connectivity index (χ2v) is 6.01. The summed E-state index contributed by atoms with van der Waals surface area (Å²) in [4.78, 5) is 13.7. The van der Waals surface area contributed by atoms with Gasteiger partial charge in [0.05, 0.1) is 0 Å². The van der Waals surface area contributed by atoms with Crippen LogP contribution in [0.1, 0.15) is 38.7 Å². The molecule has 0 bridgehead atoms. The van der Waals surface area contributed by atoms with Gasteiger partial charge in [-0.05, 0) is 44.9 Å². The summed E-state index contributed by atoms with van der Waals surface area (Å²) in [7, 11) is 0. The highest BCUT2D eigenvalue weighted by Crippen LogP contribution is 2.29. The van der Waals surface area contributed by atoms with Crippen LogP contribution in [0.3, 0.4) is 0 Å². The fourth-order valence-electron chi connectivity index (χ4n) is 2.30. The molecule has 4 nitrogen and oxygen atoms in total. The van der Waals surface area contributed by atoms with Gasteiger partial charge < -0.3 is 14.7 Å². The third-order valence-corrected chi connectivity index (χ3v) is 3.18. The minimum Gasteiger partial charge on any atom is -0.508 e. The highest BCUT2D eigenvalue weighted by Gasteiger charge is 2.30. The lowest BCUT2D eigenvalue weighted by molar-refractivity contribution is 0.0292. The molecule has 1 aromatic carbocycles. The number of phenols is 1. The van der Waals surface area contributed by atoms with Crippen LogP contribution >= 0.6 is 0 Å². The van der Waals surface area contributed by atoms with Crippen molar-refractivity contribution in [3.63, 3.8) is 0 Å².